The third-order valence-corrected chi connectivity index (χ3v) is 3.41. The highest BCUT2D eigenvalue weighted by Gasteiger charge is 2.11. The molecule has 0 amide bonds. The number of methoxy groups -OCH3 is 1. The van der Waals surface area contributed by atoms with E-state index < -0.39 is 5.82 Å². The Labute approximate surface area is 118 Å². The molecule has 0 aliphatic rings. The van der Waals surface area contributed by atoms with Crippen LogP contribution in [0.25, 0.3) is 0 Å². The minimum Gasteiger partial charge on any atom is -0.494 e. The predicted octanol–water partition coefficient (Wildman–Crippen LogP) is 3.88. The Hall–Kier alpha value is -2.16. The van der Waals surface area contributed by atoms with E-state index in [2.05, 4.69) is 0 Å². The van der Waals surface area contributed by atoms with Crippen LogP contribution in [0.4, 0.5) is 4.39 Å². The molecule has 2 nitrogen and oxygen atoms in total. The first-order chi connectivity index (χ1) is 9.51. The van der Waals surface area contributed by atoms with Gasteiger partial charge in [-0.25, -0.2) is 4.39 Å². The van der Waals surface area contributed by atoms with Crippen LogP contribution in [0.5, 0.6) is 5.75 Å². The molecule has 2 rings (SSSR count). The summed E-state index contributed by atoms with van der Waals surface area (Å²) in [6.45, 7) is 4.04. The molecule has 0 aromatic heterocycles. The summed E-state index contributed by atoms with van der Waals surface area (Å²) in [7, 11) is 1.40. The first-order valence-electron chi connectivity index (χ1n) is 6.44. The molecule has 0 fully saturated rings. The van der Waals surface area contributed by atoms with Crippen LogP contribution in [-0.2, 0) is 6.42 Å². The van der Waals surface area contributed by atoms with Crippen LogP contribution in [0.15, 0.2) is 36.4 Å². The van der Waals surface area contributed by atoms with E-state index in [1.54, 1.807) is 6.07 Å². The van der Waals surface area contributed by atoms with E-state index >= 15 is 0 Å². The number of aryl methyl sites for hydroxylation is 2. The fourth-order valence-corrected chi connectivity index (χ4v) is 2.04. The molecule has 20 heavy (non-hydrogen) atoms. The quantitative estimate of drug-likeness (QED) is 0.790. The molecule has 0 aliphatic heterocycles. The summed E-state index contributed by atoms with van der Waals surface area (Å²) >= 11 is 0. The van der Waals surface area contributed by atoms with Gasteiger partial charge in [0, 0.05) is 12.0 Å². The zero-order valence-corrected chi connectivity index (χ0v) is 11.9. The topological polar surface area (TPSA) is 26.3 Å². The summed E-state index contributed by atoms with van der Waals surface area (Å²) in [6, 6.07) is 10.2. The van der Waals surface area contributed by atoms with Crippen LogP contribution >= 0.6 is 0 Å². The van der Waals surface area contributed by atoms with Gasteiger partial charge in [0.1, 0.15) is 0 Å². The zero-order valence-electron chi connectivity index (χ0n) is 11.9. The molecular weight excluding hydrogens is 255 g/mol. The molecule has 0 aliphatic carbocycles. The van der Waals surface area contributed by atoms with E-state index in [4.69, 9.17) is 4.74 Å². The van der Waals surface area contributed by atoms with Crippen molar-refractivity contribution in [3.63, 3.8) is 0 Å². The summed E-state index contributed by atoms with van der Waals surface area (Å²) in [4.78, 5) is 12.2. The highest BCUT2D eigenvalue weighted by molar-refractivity contribution is 5.97. The van der Waals surface area contributed by atoms with E-state index in [-0.39, 0.29) is 18.0 Å². The maximum absolute atomic E-state index is 13.6. The molecule has 0 spiro atoms. The molecule has 2 aromatic rings. The Morgan fingerprint density at radius 1 is 1.10 bits per heavy atom. The van der Waals surface area contributed by atoms with Crippen molar-refractivity contribution in [1.29, 1.82) is 0 Å². The number of carbonyl (C=O) groups excluding carboxylic acids is 1. The first-order valence-corrected chi connectivity index (χ1v) is 6.44. The van der Waals surface area contributed by atoms with Crippen molar-refractivity contribution in [2.24, 2.45) is 0 Å². The maximum Gasteiger partial charge on any atom is 0.167 e. The van der Waals surface area contributed by atoms with E-state index in [1.807, 2.05) is 32.0 Å². The SMILES string of the molecule is COc1ccc(C(=O)Cc2ccc(C)c(C)c2)cc1F. The minimum absolute atomic E-state index is 0.102. The molecule has 2 aromatic carbocycles. The van der Waals surface area contributed by atoms with Gasteiger partial charge >= 0.3 is 0 Å². The lowest BCUT2D eigenvalue weighted by atomic mass is 9.99. The fourth-order valence-electron chi connectivity index (χ4n) is 2.04. The van der Waals surface area contributed by atoms with E-state index in [0.29, 0.717) is 5.56 Å². The second-order valence-corrected chi connectivity index (χ2v) is 4.87. The van der Waals surface area contributed by atoms with Crippen molar-refractivity contribution in [2.45, 2.75) is 20.3 Å². The number of ether oxygens (including phenoxy) is 1. The van der Waals surface area contributed by atoms with Gasteiger partial charge in [-0.15, -0.1) is 0 Å². The predicted molar refractivity (Wildman–Crippen MR) is 76.9 cm³/mol. The van der Waals surface area contributed by atoms with Crippen LogP contribution in [0.3, 0.4) is 0 Å². The number of halogens is 1. The number of hydrogen-bond acceptors (Lipinski definition) is 2. The van der Waals surface area contributed by atoms with Gasteiger partial charge in [-0.1, -0.05) is 18.2 Å². The van der Waals surface area contributed by atoms with Crippen LogP contribution in [0.1, 0.15) is 27.0 Å². The second-order valence-electron chi connectivity index (χ2n) is 4.87. The van der Waals surface area contributed by atoms with Gasteiger partial charge in [0.15, 0.2) is 17.3 Å². The molecule has 0 bridgehead atoms. The zero-order chi connectivity index (χ0) is 14.7. The summed E-state index contributed by atoms with van der Waals surface area (Å²) in [6.07, 6.45) is 0.271. The molecular formula is C17H17FO2. The second kappa shape index (κ2) is 5.87. The van der Waals surface area contributed by atoms with Gasteiger partial charge in [-0.05, 0) is 48.7 Å². The van der Waals surface area contributed by atoms with Gasteiger partial charge in [-0.3, -0.25) is 4.79 Å². The molecule has 104 valence electrons. The number of carbonyl (C=O) groups is 1. The summed E-state index contributed by atoms with van der Waals surface area (Å²) < 4.78 is 18.4. The Kier molecular flexibility index (Phi) is 4.18. The summed E-state index contributed by atoms with van der Waals surface area (Å²) in [5.41, 5.74) is 3.64. The van der Waals surface area contributed by atoms with E-state index in [1.165, 1.54) is 24.8 Å². The van der Waals surface area contributed by atoms with E-state index in [9.17, 15) is 9.18 Å². The van der Waals surface area contributed by atoms with Crippen molar-refractivity contribution >= 4 is 5.78 Å². The molecule has 3 heteroatoms. The molecule has 0 heterocycles. The highest BCUT2D eigenvalue weighted by atomic mass is 19.1. The Morgan fingerprint density at radius 2 is 1.85 bits per heavy atom. The molecule has 0 N–H and O–H groups in total. The van der Waals surface area contributed by atoms with Crippen molar-refractivity contribution in [3.05, 3.63) is 64.5 Å². The minimum atomic E-state index is -0.515. The third kappa shape index (κ3) is 3.05. The molecule has 0 unspecified atom stereocenters. The number of benzene rings is 2. The smallest absolute Gasteiger partial charge is 0.167 e. The lowest BCUT2D eigenvalue weighted by Crippen LogP contribution is -2.05. The van der Waals surface area contributed by atoms with Crippen molar-refractivity contribution in [1.82, 2.24) is 0 Å². The average molecular weight is 272 g/mol. The summed E-state index contributed by atoms with van der Waals surface area (Å²) in [5, 5.41) is 0. The Morgan fingerprint density at radius 3 is 2.45 bits per heavy atom. The Bertz CT molecular complexity index is 647. The van der Waals surface area contributed by atoms with Gasteiger partial charge < -0.3 is 4.74 Å². The van der Waals surface area contributed by atoms with Crippen LogP contribution < -0.4 is 4.74 Å². The van der Waals surface area contributed by atoms with Crippen LogP contribution in [0.2, 0.25) is 0 Å². The average Bonchev–Trinajstić information content (AvgIpc) is 2.42. The number of hydrogen-bond donors (Lipinski definition) is 0. The first kappa shape index (κ1) is 14.3. The summed E-state index contributed by atoms with van der Waals surface area (Å²) in [5.74, 6) is -0.471. The van der Waals surface area contributed by atoms with Crippen molar-refractivity contribution < 1.29 is 13.9 Å². The van der Waals surface area contributed by atoms with Gasteiger partial charge in [-0.2, -0.15) is 0 Å². The molecule has 0 saturated heterocycles. The van der Waals surface area contributed by atoms with Gasteiger partial charge in [0.25, 0.3) is 0 Å². The van der Waals surface area contributed by atoms with Gasteiger partial charge in [0.2, 0.25) is 0 Å². The van der Waals surface area contributed by atoms with Crippen molar-refractivity contribution in [3.8, 4) is 5.75 Å². The maximum atomic E-state index is 13.6. The molecule has 0 radical (unpaired) electrons. The molecule has 0 atom stereocenters. The van der Waals surface area contributed by atoms with Crippen LogP contribution in [-0.4, -0.2) is 12.9 Å². The largest absolute Gasteiger partial charge is 0.494 e. The van der Waals surface area contributed by atoms with Crippen LogP contribution in [0, 0.1) is 19.7 Å². The highest BCUT2D eigenvalue weighted by Crippen LogP contribution is 2.19. The Balaban J connectivity index is 2.19. The van der Waals surface area contributed by atoms with Crippen molar-refractivity contribution in [2.75, 3.05) is 7.11 Å². The third-order valence-electron chi connectivity index (χ3n) is 3.41. The van der Waals surface area contributed by atoms with E-state index in [0.717, 1.165) is 11.1 Å². The lowest BCUT2D eigenvalue weighted by molar-refractivity contribution is 0.0992. The standard InChI is InChI=1S/C17H17FO2/c1-11-4-5-13(8-12(11)2)9-16(19)14-6-7-17(20-3)15(18)10-14/h4-8,10H,9H2,1-3H3. The monoisotopic (exact) mass is 272 g/mol. The fraction of sp³-hybridized carbons (Fsp3) is 0.235. The lowest BCUT2D eigenvalue weighted by Gasteiger charge is -2.06. The number of ketones is 1. The normalized spacial score (nSPS) is 10.4. The molecule has 0 saturated carbocycles. The van der Waals surface area contributed by atoms with Gasteiger partial charge in [0.05, 0.1) is 7.11 Å². The number of Topliss-reactive ketones (excluding diaryl/α,β-unsaturated/α-hetero) is 1. The number of rotatable bonds is 4.